The average molecular weight is 400 g/mol. The lowest BCUT2D eigenvalue weighted by atomic mass is 10.1. The fourth-order valence-electron chi connectivity index (χ4n) is 3.88. The van der Waals surface area contributed by atoms with Gasteiger partial charge in [-0.05, 0) is 42.7 Å². The molecule has 1 fully saturated rings. The zero-order chi connectivity index (χ0) is 19.0. The number of hydrogen-bond acceptors (Lipinski definition) is 4. The Hall–Kier alpha value is -2.70. The van der Waals surface area contributed by atoms with Gasteiger partial charge in [-0.1, -0.05) is 24.3 Å². The molecule has 2 heterocycles. The third kappa shape index (κ3) is 3.41. The first-order valence-corrected chi connectivity index (χ1v) is 9.15. The molecular weight excluding hydrogens is 378 g/mol. The smallest absolute Gasteiger partial charge is 0.261 e. The van der Waals surface area contributed by atoms with E-state index in [-0.39, 0.29) is 42.7 Å². The first-order valence-electron chi connectivity index (χ1n) is 9.15. The molecule has 6 nitrogen and oxygen atoms in total. The Morgan fingerprint density at radius 2 is 1.71 bits per heavy atom. The summed E-state index contributed by atoms with van der Waals surface area (Å²) in [6.07, 6.45) is 1.89. The van der Waals surface area contributed by atoms with Crippen LogP contribution >= 0.6 is 12.4 Å². The molecule has 0 saturated carbocycles. The third-order valence-electron chi connectivity index (χ3n) is 5.30. The molecule has 0 aromatic heterocycles. The van der Waals surface area contributed by atoms with Gasteiger partial charge in [-0.2, -0.15) is 0 Å². The lowest BCUT2D eigenvalue weighted by molar-refractivity contribution is 0.0642. The highest BCUT2D eigenvalue weighted by molar-refractivity contribution is 6.21. The van der Waals surface area contributed by atoms with Crippen molar-refractivity contribution in [2.24, 2.45) is 5.73 Å². The molecule has 1 saturated heterocycles. The number of fused-ring (bicyclic) bond motifs is 1. The van der Waals surface area contributed by atoms with Crippen molar-refractivity contribution in [1.29, 1.82) is 0 Å². The molecular formula is C21H22ClN3O3. The molecule has 0 aliphatic carbocycles. The van der Waals surface area contributed by atoms with Crippen LogP contribution < -0.4 is 5.73 Å². The summed E-state index contributed by atoms with van der Waals surface area (Å²) in [6.45, 7) is 1.32. The molecule has 0 radical (unpaired) electrons. The van der Waals surface area contributed by atoms with Crippen LogP contribution in [0.3, 0.4) is 0 Å². The van der Waals surface area contributed by atoms with Crippen molar-refractivity contribution in [3.8, 4) is 0 Å². The molecule has 146 valence electrons. The monoisotopic (exact) mass is 399 g/mol. The van der Waals surface area contributed by atoms with E-state index in [1.165, 1.54) is 4.90 Å². The SMILES string of the molecule is Cl.NCC1CCCN1C(=O)c1cccc(CN2C(=O)c3ccccc3C2=O)c1. The molecule has 3 amide bonds. The number of hydrogen-bond donors (Lipinski definition) is 1. The van der Waals surface area contributed by atoms with Crippen molar-refractivity contribution in [3.63, 3.8) is 0 Å². The van der Waals surface area contributed by atoms with Gasteiger partial charge in [0.1, 0.15) is 0 Å². The van der Waals surface area contributed by atoms with E-state index < -0.39 is 0 Å². The summed E-state index contributed by atoms with van der Waals surface area (Å²) in [7, 11) is 0. The highest BCUT2D eigenvalue weighted by Crippen LogP contribution is 2.25. The number of imide groups is 1. The molecule has 1 atom stereocenters. The molecule has 0 bridgehead atoms. The number of nitrogens with two attached hydrogens (primary N) is 1. The summed E-state index contributed by atoms with van der Waals surface area (Å²) in [5.74, 6) is -0.641. The number of likely N-dealkylation sites (tertiary alicyclic amines) is 1. The predicted octanol–water partition coefficient (Wildman–Crippen LogP) is 2.47. The Labute approximate surface area is 169 Å². The van der Waals surface area contributed by atoms with E-state index in [2.05, 4.69) is 0 Å². The first-order chi connectivity index (χ1) is 13.1. The van der Waals surface area contributed by atoms with Gasteiger partial charge in [-0.3, -0.25) is 19.3 Å². The van der Waals surface area contributed by atoms with Gasteiger partial charge >= 0.3 is 0 Å². The minimum Gasteiger partial charge on any atom is -0.334 e. The first kappa shape index (κ1) is 20.0. The van der Waals surface area contributed by atoms with Crippen LogP contribution in [0.5, 0.6) is 0 Å². The fourth-order valence-corrected chi connectivity index (χ4v) is 3.88. The van der Waals surface area contributed by atoms with Crippen molar-refractivity contribution >= 4 is 30.1 Å². The van der Waals surface area contributed by atoms with Gasteiger partial charge in [0.15, 0.2) is 0 Å². The van der Waals surface area contributed by atoms with Gasteiger partial charge in [0.2, 0.25) is 0 Å². The van der Waals surface area contributed by atoms with Crippen molar-refractivity contribution < 1.29 is 14.4 Å². The van der Waals surface area contributed by atoms with Crippen LogP contribution in [0.25, 0.3) is 0 Å². The summed E-state index contributed by atoms with van der Waals surface area (Å²) in [5, 5.41) is 0. The van der Waals surface area contributed by atoms with Crippen LogP contribution in [0.15, 0.2) is 48.5 Å². The third-order valence-corrected chi connectivity index (χ3v) is 5.30. The molecule has 2 aromatic carbocycles. The number of rotatable bonds is 4. The number of amides is 3. The number of benzene rings is 2. The highest BCUT2D eigenvalue weighted by atomic mass is 35.5. The highest BCUT2D eigenvalue weighted by Gasteiger charge is 2.35. The maximum atomic E-state index is 12.8. The van der Waals surface area contributed by atoms with Gasteiger partial charge in [-0.25, -0.2) is 0 Å². The van der Waals surface area contributed by atoms with Gasteiger partial charge in [0, 0.05) is 24.7 Å². The lowest BCUT2D eigenvalue weighted by Gasteiger charge is -2.24. The minimum atomic E-state index is -0.296. The Balaban J connectivity index is 0.00000225. The number of carbonyl (C=O) groups excluding carboxylic acids is 3. The van der Waals surface area contributed by atoms with E-state index in [1.807, 2.05) is 11.0 Å². The van der Waals surface area contributed by atoms with Gasteiger partial charge < -0.3 is 10.6 Å². The zero-order valence-electron chi connectivity index (χ0n) is 15.3. The Kier molecular flexibility index (Phi) is 5.82. The van der Waals surface area contributed by atoms with Crippen LogP contribution in [0.2, 0.25) is 0 Å². The van der Waals surface area contributed by atoms with E-state index in [1.54, 1.807) is 42.5 Å². The maximum absolute atomic E-state index is 12.8. The molecule has 7 heteroatoms. The average Bonchev–Trinajstić information content (AvgIpc) is 3.27. The molecule has 2 aromatic rings. The van der Waals surface area contributed by atoms with E-state index in [4.69, 9.17) is 5.73 Å². The van der Waals surface area contributed by atoms with Crippen LogP contribution in [0.4, 0.5) is 0 Å². The Bertz CT molecular complexity index is 896. The van der Waals surface area contributed by atoms with Crippen molar-refractivity contribution in [2.45, 2.75) is 25.4 Å². The maximum Gasteiger partial charge on any atom is 0.261 e. The fraction of sp³-hybridized carbons (Fsp3) is 0.286. The van der Waals surface area contributed by atoms with Crippen LogP contribution in [0, 0.1) is 0 Å². The van der Waals surface area contributed by atoms with E-state index in [0.29, 0.717) is 29.8 Å². The molecule has 28 heavy (non-hydrogen) atoms. The van der Waals surface area contributed by atoms with Crippen molar-refractivity contribution in [2.75, 3.05) is 13.1 Å². The Morgan fingerprint density at radius 1 is 1.04 bits per heavy atom. The molecule has 2 aliphatic rings. The van der Waals surface area contributed by atoms with E-state index in [9.17, 15) is 14.4 Å². The van der Waals surface area contributed by atoms with E-state index in [0.717, 1.165) is 18.4 Å². The molecule has 2 N–H and O–H groups in total. The summed E-state index contributed by atoms with van der Waals surface area (Å²) in [5.41, 5.74) is 7.94. The standard InChI is InChI=1S/C21H21N3O3.ClH/c22-12-16-7-4-10-23(16)19(25)15-6-3-5-14(11-15)13-24-20(26)17-8-1-2-9-18(17)21(24)27;/h1-3,5-6,8-9,11,16H,4,7,10,12-13,22H2;1H. The van der Waals surface area contributed by atoms with Crippen molar-refractivity contribution in [3.05, 3.63) is 70.8 Å². The van der Waals surface area contributed by atoms with E-state index >= 15 is 0 Å². The number of halogens is 1. The quantitative estimate of drug-likeness (QED) is 0.800. The van der Waals surface area contributed by atoms with Gasteiger partial charge in [0.25, 0.3) is 17.7 Å². The van der Waals surface area contributed by atoms with Crippen molar-refractivity contribution in [1.82, 2.24) is 9.80 Å². The van der Waals surface area contributed by atoms with Gasteiger partial charge in [0.05, 0.1) is 17.7 Å². The summed E-state index contributed by atoms with van der Waals surface area (Å²) in [6, 6.07) is 14.0. The second-order valence-corrected chi connectivity index (χ2v) is 6.97. The zero-order valence-corrected chi connectivity index (χ0v) is 16.2. The van der Waals surface area contributed by atoms with Crippen LogP contribution in [-0.4, -0.2) is 46.7 Å². The number of nitrogens with zero attached hydrogens (tertiary/aromatic N) is 2. The van der Waals surface area contributed by atoms with Crippen LogP contribution in [0.1, 0.15) is 49.5 Å². The second kappa shape index (κ2) is 8.12. The molecule has 2 aliphatic heterocycles. The molecule has 1 unspecified atom stereocenters. The molecule has 4 rings (SSSR count). The largest absolute Gasteiger partial charge is 0.334 e. The summed E-state index contributed by atoms with van der Waals surface area (Å²) < 4.78 is 0. The predicted molar refractivity (Wildman–Crippen MR) is 107 cm³/mol. The number of carbonyl (C=O) groups is 3. The second-order valence-electron chi connectivity index (χ2n) is 6.97. The van der Waals surface area contributed by atoms with Crippen LogP contribution in [-0.2, 0) is 6.54 Å². The molecule has 0 spiro atoms. The lowest BCUT2D eigenvalue weighted by Crippen LogP contribution is -2.40. The van der Waals surface area contributed by atoms with Gasteiger partial charge in [-0.15, -0.1) is 12.4 Å². The normalized spacial score (nSPS) is 18.2. The Morgan fingerprint density at radius 3 is 2.36 bits per heavy atom. The summed E-state index contributed by atoms with van der Waals surface area (Å²) in [4.78, 5) is 41.0. The minimum absolute atomic E-state index is 0. The summed E-state index contributed by atoms with van der Waals surface area (Å²) >= 11 is 0. The topological polar surface area (TPSA) is 83.7 Å².